The molecule has 2 fully saturated rings. The quantitative estimate of drug-likeness (QED) is 0.706. The molecule has 1 saturated carbocycles. The third-order valence-corrected chi connectivity index (χ3v) is 7.01. The molecule has 1 saturated heterocycles. The molecular weight excluding hydrogens is 390 g/mol. The van der Waals surface area contributed by atoms with Gasteiger partial charge < -0.3 is 14.8 Å². The Morgan fingerprint density at radius 2 is 1.86 bits per heavy atom. The maximum atomic E-state index is 13.2. The van der Waals surface area contributed by atoms with Crippen molar-refractivity contribution in [2.45, 2.75) is 23.3 Å². The van der Waals surface area contributed by atoms with Crippen molar-refractivity contribution in [3.63, 3.8) is 0 Å². The molecular formula is C20H21N5O3S. The lowest BCUT2D eigenvalue weighted by atomic mass is 10.1. The van der Waals surface area contributed by atoms with E-state index in [2.05, 4.69) is 19.9 Å². The summed E-state index contributed by atoms with van der Waals surface area (Å²) in [6, 6.07) is 8.19. The molecule has 0 radical (unpaired) electrons. The summed E-state index contributed by atoms with van der Waals surface area (Å²) >= 11 is 0. The highest BCUT2D eigenvalue weighted by Gasteiger charge is 2.53. The fourth-order valence-electron chi connectivity index (χ4n) is 4.16. The van der Waals surface area contributed by atoms with Crippen LogP contribution in [0.2, 0.25) is 0 Å². The number of carbonyl (C=O) groups is 1. The summed E-state index contributed by atoms with van der Waals surface area (Å²) in [6.45, 7) is 2.02. The number of sulfone groups is 1. The van der Waals surface area contributed by atoms with E-state index in [-0.39, 0.29) is 16.3 Å². The Balaban J connectivity index is 1.39. The Hall–Kier alpha value is -2.94. The van der Waals surface area contributed by atoms with Crippen LogP contribution in [0, 0.1) is 0 Å². The number of benzene rings is 1. The standard InChI is InChI=1S/C20H21N5O3S/c1-29(27,28)15-4-2-14(3-5-15)19(26)25-11-10-24(12-20(25)7-8-20)18-16-6-9-21-17(16)22-13-23-18/h2-6,9,13H,7-8,10-12H2,1H3,(H,21,22,23). The maximum Gasteiger partial charge on any atom is 0.254 e. The van der Waals surface area contributed by atoms with Gasteiger partial charge in [-0.15, -0.1) is 0 Å². The molecule has 1 aromatic carbocycles. The molecule has 1 N–H and O–H groups in total. The van der Waals surface area contributed by atoms with Crippen LogP contribution in [-0.2, 0) is 9.84 Å². The average molecular weight is 411 g/mol. The number of amides is 1. The first-order valence-electron chi connectivity index (χ1n) is 9.53. The number of nitrogens with zero attached hydrogens (tertiary/aromatic N) is 4. The summed E-state index contributed by atoms with van der Waals surface area (Å²) in [6.07, 6.45) is 6.50. The van der Waals surface area contributed by atoms with Gasteiger partial charge >= 0.3 is 0 Å². The lowest BCUT2D eigenvalue weighted by Crippen LogP contribution is -2.57. The van der Waals surface area contributed by atoms with Crippen molar-refractivity contribution in [2.75, 3.05) is 30.8 Å². The summed E-state index contributed by atoms with van der Waals surface area (Å²) in [5, 5.41) is 0.986. The minimum atomic E-state index is -3.28. The van der Waals surface area contributed by atoms with E-state index in [4.69, 9.17) is 0 Å². The fraction of sp³-hybridized carbons (Fsp3) is 0.350. The number of aromatic amines is 1. The first kappa shape index (κ1) is 18.1. The molecule has 29 heavy (non-hydrogen) atoms. The van der Waals surface area contributed by atoms with Crippen molar-refractivity contribution in [3.05, 3.63) is 48.4 Å². The van der Waals surface area contributed by atoms with Crippen molar-refractivity contribution in [3.8, 4) is 0 Å². The van der Waals surface area contributed by atoms with Crippen LogP contribution in [0.3, 0.4) is 0 Å². The Morgan fingerprint density at radius 1 is 1.10 bits per heavy atom. The molecule has 1 aliphatic carbocycles. The Bertz CT molecular complexity index is 1200. The van der Waals surface area contributed by atoms with E-state index in [0.29, 0.717) is 18.7 Å². The van der Waals surface area contributed by atoms with Crippen molar-refractivity contribution in [1.82, 2.24) is 19.9 Å². The van der Waals surface area contributed by atoms with Crippen molar-refractivity contribution in [2.24, 2.45) is 0 Å². The number of hydrogen-bond donors (Lipinski definition) is 1. The summed E-state index contributed by atoms with van der Waals surface area (Å²) in [7, 11) is -3.28. The normalized spacial score (nSPS) is 18.4. The number of aromatic nitrogens is 3. The van der Waals surface area contributed by atoms with E-state index >= 15 is 0 Å². The van der Waals surface area contributed by atoms with E-state index in [0.717, 1.165) is 42.5 Å². The Kier molecular flexibility index (Phi) is 3.92. The number of piperazine rings is 1. The van der Waals surface area contributed by atoms with Crippen LogP contribution in [-0.4, -0.2) is 65.6 Å². The molecule has 1 amide bonds. The number of nitrogens with one attached hydrogen (secondary N) is 1. The van der Waals surface area contributed by atoms with Crippen molar-refractivity contribution < 1.29 is 13.2 Å². The summed E-state index contributed by atoms with van der Waals surface area (Å²) < 4.78 is 23.3. The van der Waals surface area contributed by atoms with Gasteiger partial charge in [-0.2, -0.15) is 0 Å². The van der Waals surface area contributed by atoms with Crippen LogP contribution in [0.25, 0.3) is 11.0 Å². The minimum Gasteiger partial charge on any atom is -0.352 e. The van der Waals surface area contributed by atoms with Crippen LogP contribution in [0.5, 0.6) is 0 Å². The van der Waals surface area contributed by atoms with Gasteiger partial charge in [-0.3, -0.25) is 4.79 Å². The Labute approximate surface area is 168 Å². The lowest BCUT2D eigenvalue weighted by molar-refractivity contribution is 0.0624. The van der Waals surface area contributed by atoms with Gasteiger partial charge in [0.05, 0.1) is 15.8 Å². The molecule has 0 atom stereocenters. The lowest BCUT2D eigenvalue weighted by Gasteiger charge is -2.42. The van der Waals surface area contributed by atoms with E-state index in [1.807, 2.05) is 17.2 Å². The van der Waals surface area contributed by atoms with E-state index in [1.54, 1.807) is 18.5 Å². The largest absolute Gasteiger partial charge is 0.352 e. The number of H-pyrrole nitrogens is 1. The predicted octanol–water partition coefficient (Wildman–Crippen LogP) is 1.86. The third-order valence-electron chi connectivity index (χ3n) is 5.89. The zero-order chi connectivity index (χ0) is 20.2. The summed E-state index contributed by atoms with van der Waals surface area (Å²) in [4.78, 5) is 29.4. The maximum absolute atomic E-state index is 13.2. The van der Waals surface area contributed by atoms with E-state index in [1.165, 1.54) is 12.1 Å². The van der Waals surface area contributed by atoms with Gasteiger partial charge in [0.1, 0.15) is 17.8 Å². The first-order chi connectivity index (χ1) is 13.9. The van der Waals surface area contributed by atoms with Crippen molar-refractivity contribution >= 4 is 32.6 Å². The number of rotatable bonds is 3. The van der Waals surface area contributed by atoms with Gasteiger partial charge in [0.25, 0.3) is 5.91 Å². The third kappa shape index (κ3) is 3.05. The predicted molar refractivity (Wildman–Crippen MR) is 109 cm³/mol. The molecule has 3 aromatic rings. The SMILES string of the molecule is CS(=O)(=O)c1ccc(C(=O)N2CCN(c3ncnc4[nH]ccc34)CC23CC3)cc1. The average Bonchev–Trinajstić information content (AvgIpc) is 3.28. The molecule has 5 rings (SSSR count). The van der Waals surface area contributed by atoms with Crippen LogP contribution in [0.1, 0.15) is 23.2 Å². The molecule has 1 spiro atoms. The zero-order valence-electron chi connectivity index (χ0n) is 16.0. The summed E-state index contributed by atoms with van der Waals surface area (Å²) in [5.41, 5.74) is 1.15. The zero-order valence-corrected chi connectivity index (χ0v) is 16.8. The second-order valence-corrected chi connectivity index (χ2v) is 9.85. The number of carbonyl (C=O) groups excluding carboxylic acids is 1. The highest BCUT2D eigenvalue weighted by Crippen LogP contribution is 2.46. The van der Waals surface area contributed by atoms with Gasteiger partial charge in [-0.25, -0.2) is 18.4 Å². The highest BCUT2D eigenvalue weighted by molar-refractivity contribution is 7.90. The van der Waals surface area contributed by atoms with E-state index in [9.17, 15) is 13.2 Å². The smallest absolute Gasteiger partial charge is 0.254 e. The second-order valence-electron chi connectivity index (χ2n) is 7.84. The number of anilines is 1. The van der Waals surface area contributed by atoms with Gasteiger partial charge in [0, 0.05) is 37.7 Å². The van der Waals surface area contributed by atoms with E-state index < -0.39 is 9.84 Å². The summed E-state index contributed by atoms with van der Waals surface area (Å²) in [5.74, 6) is 0.851. The molecule has 2 aromatic heterocycles. The van der Waals surface area contributed by atoms with Crippen LogP contribution in [0.15, 0.2) is 47.8 Å². The van der Waals surface area contributed by atoms with Gasteiger partial charge in [0.15, 0.2) is 9.84 Å². The van der Waals surface area contributed by atoms with Gasteiger partial charge in [-0.05, 0) is 43.2 Å². The molecule has 0 unspecified atom stereocenters. The molecule has 0 bridgehead atoms. The molecule has 8 nitrogen and oxygen atoms in total. The van der Waals surface area contributed by atoms with Crippen LogP contribution in [0.4, 0.5) is 5.82 Å². The van der Waals surface area contributed by atoms with Crippen LogP contribution >= 0.6 is 0 Å². The monoisotopic (exact) mass is 411 g/mol. The number of hydrogen-bond acceptors (Lipinski definition) is 6. The Morgan fingerprint density at radius 3 is 2.55 bits per heavy atom. The first-order valence-corrected chi connectivity index (χ1v) is 11.4. The topological polar surface area (TPSA) is 99.3 Å². The molecule has 1 aliphatic heterocycles. The molecule has 3 heterocycles. The van der Waals surface area contributed by atoms with Gasteiger partial charge in [-0.1, -0.05) is 0 Å². The molecule has 150 valence electrons. The number of fused-ring (bicyclic) bond motifs is 1. The fourth-order valence-corrected chi connectivity index (χ4v) is 4.79. The van der Waals surface area contributed by atoms with Gasteiger partial charge in [0.2, 0.25) is 0 Å². The second kappa shape index (κ2) is 6.28. The molecule has 2 aliphatic rings. The minimum absolute atomic E-state index is 0.0447. The van der Waals surface area contributed by atoms with Crippen molar-refractivity contribution in [1.29, 1.82) is 0 Å². The van der Waals surface area contributed by atoms with Crippen LogP contribution < -0.4 is 4.90 Å². The molecule has 9 heteroatoms. The highest BCUT2D eigenvalue weighted by atomic mass is 32.2.